The Morgan fingerprint density at radius 3 is 2.82 bits per heavy atom. The van der Waals surface area contributed by atoms with E-state index in [0.717, 1.165) is 32.5 Å². The molecule has 1 unspecified atom stereocenters. The van der Waals surface area contributed by atoms with Crippen molar-refractivity contribution in [3.8, 4) is 0 Å². The van der Waals surface area contributed by atoms with Gasteiger partial charge in [0.05, 0.1) is 0 Å². The molecule has 1 atom stereocenters. The van der Waals surface area contributed by atoms with Gasteiger partial charge in [0.15, 0.2) is 0 Å². The molecule has 0 aliphatic carbocycles. The summed E-state index contributed by atoms with van der Waals surface area (Å²) in [5, 5.41) is 6.00. The van der Waals surface area contributed by atoms with Crippen LogP contribution >= 0.6 is 0 Å². The van der Waals surface area contributed by atoms with Crippen LogP contribution < -0.4 is 10.6 Å². The predicted octanol–water partition coefficient (Wildman–Crippen LogP) is 1.51. The molecule has 1 heterocycles. The highest BCUT2D eigenvalue weighted by molar-refractivity contribution is 5.99. The second-order valence-corrected chi connectivity index (χ2v) is 5.80. The molecule has 1 saturated heterocycles. The van der Waals surface area contributed by atoms with E-state index in [1.54, 1.807) is 24.3 Å². The number of carbonyl (C=O) groups excluding carboxylic acids is 2. The van der Waals surface area contributed by atoms with Crippen LogP contribution in [0.4, 0.5) is 0 Å². The Kier molecular flexibility index (Phi) is 5.95. The topological polar surface area (TPSA) is 61.4 Å². The minimum Gasteiger partial charge on any atom is -0.352 e. The molecule has 1 aromatic rings. The Bertz CT molecular complexity index is 530. The lowest BCUT2D eigenvalue weighted by atomic mass is 10.1. The van der Waals surface area contributed by atoms with E-state index in [1.807, 2.05) is 18.9 Å². The lowest BCUT2D eigenvalue weighted by Gasteiger charge is -2.17. The highest BCUT2D eigenvalue weighted by atomic mass is 16.2. The largest absolute Gasteiger partial charge is 0.352 e. The van der Waals surface area contributed by atoms with Gasteiger partial charge in [-0.2, -0.15) is 0 Å². The van der Waals surface area contributed by atoms with Crippen LogP contribution in [0.25, 0.3) is 0 Å². The number of hydrogen-bond donors (Lipinski definition) is 2. The summed E-state index contributed by atoms with van der Waals surface area (Å²) in [7, 11) is 1.93. The van der Waals surface area contributed by atoms with Crippen LogP contribution in [0.1, 0.15) is 40.5 Å². The Labute approximate surface area is 132 Å². The molecule has 0 aromatic heterocycles. The molecule has 1 aromatic carbocycles. The van der Waals surface area contributed by atoms with Gasteiger partial charge in [-0.1, -0.05) is 13.0 Å². The standard InChI is InChI=1S/C17H25N3O2/c1-3-8-19-16(21)14-5-4-6-15(10-14)17(22)20-9-7-13(12-20)11-18-2/h4-6,10,13,18H,3,7-9,11-12H2,1-2H3,(H,19,21). The molecule has 5 nitrogen and oxygen atoms in total. The van der Waals surface area contributed by atoms with Gasteiger partial charge in [0, 0.05) is 30.8 Å². The summed E-state index contributed by atoms with van der Waals surface area (Å²) < 4.78 is 0. The average molecular weight is 303 g/mol. The molecule has 2 rings (SSSR count). The first-order chi connectivity index (χ1) is 10.7. The molecule has 0 spiro atoms. The number of likely N-dealkylation sites (tertiary alicyclic amines) is 1. The molecule has 0 bridgehead atoms. The number of carbonyl (C=O) groups is 2. The van der Waals surface area contributed by atoms with E-state index in [0.29, 0.717) is 23.6 Å². The Morgan fingerprint density at radius 2 is 2.09 bits per heavy atom. The van der Waals surface area contributed by atoms with Crippen LogP contribution in [-0.4, -0.2) is 49.9 Å². The number of nitrogens with zero attached hydrogens (tertiary/aromatic N) is 1. The summed E-state index contributed by atoms with van der Waals surface area (Å²) in [6, 6.07) is 6.99. The second kappa shape index (κ2) is 7.94. The zero-order valence-electron chi connectivity index (χ0n) is 13.4. The van der Waals surface area contributed by atoms with Crippen molar-refractivity contribution in [2.24, 2.45) is 5.92 Å². The van der Waals surface area contributed by atoms with Gasteiger partial charge in [0.2, 0.25) is 0 Å². The van der Waals surface area contributed by atoms with Crippen molar-refractivity contribution in [2.45, 2.75) is 19.8 Å². The molecule has 0 saturated carbocycles. The van der Waals surface area contributed by atoms with Crippen molar-refractivity contribution in [3.05, 3.63) is 35.4 Å². The Hall–Kier alpha value is -1.88. The molecule has 120 valence electrons. The zero-order chi connectivity index (χ0) is 15.9. The van der Waals surface area contributed by atoms with E-state index < -0.39 is 0 Å². The van der Waals surface area contributed by atoms with Gasteiger partial charge in [-0.3, -0.25) is 9.59 Å². The third kappa shape index (κ3) is 4.07. The van der Waals surface area contributed by atoms with E-state index >= 15 is 0 Å². The van der Waals surface area contributed by atoms with Crippen LogP contribution in [0, 0.1) is 5.92 Å². The Morgan fingerprint density at radius 1 is 1.32 bits per heavy atom. The van der Waals surface area contributed by atoms with Gasteiger partial charge in [0.25, 0.3) is 11.8 Å². The third-order valence-electron chi connectivity index (χ3n) is 3.97. The van der Waals surface area contributed by atoms with Gasteiger partial charge >= 0.3 is 0 Å². The minimum absolute atomic E-state index is 0.0174. The number of amides is 2. The first-order valence-corrected chi connectivity index (χ1v) is 7.97. The summed E-state index contributed by atoms with van der Waals surface area (Å²) in [6.45, 7) is 5.16. The third-order valence-corrected chi connectivity index (χ3v) is 3.97. The fourth-order valence-electron chi connectivity index (χ4n) is 2.79. The summed E-state index contributed by atoms with van der Waals surface area (Å²) in [5.74, 6) is 0.416. The van der Waals surface area contributed by atoms with Crippen molar-refractivity contribution in [1.82, 2.24) is 15.5 Å². The van der Waals surface area contributed by atoms with Crippen molar-refractivity contribution in [3.63, 3.8) is 0 Å². The first-order valence-electron chi connectivity index (χ1n) is 7.97. The summed E-state index contributed by atoms with van der Waals surface area (Å²) in [6.07, 6.45) is 1.92. The van der Waals surface area contributed by atoms with Gasteiger partial charge in [-0.15, -0.1) is 0 Å². The first kappa shape index (κ1) is 16.5. The number of hydrogen-bond acceptors (Lipinski definition) is 3. The lowest BCUT2D eigenvalue weighted by Crippen LogP contribution is -2.30. The van der Waals surface area contributed by atoms with Gasteiger partial charge in [-0.05, 0) is 50.6 Å². The minimum atomic E-state index is -0.119. The van der Waals surface area contributed by atoms with Crippen LogP contribution in [0.5, 0.6) is 0 Å². The molecule has 2 N–H and O–H groups in total. The van der Waals surface area contributed by atoms with Crippen LogP contribution in [0.3, 0.4) is 0 Å². The maximum absolute atomic E-state index is 12.6. The van der Waals surface area contributed by atoms with Crippen LogP contribution in [0.2, 0.25) is 0 Å². The van der Waals surface area contributed by atoms with Crippen LogP contribution in [0.15, 0.2) is 24.3 Å². The number of nitrogens with one attached hydrogen (secondary N) is 2. The molecule has 5 heteroatoms. The summed E-state index contributed by atoms with van der Waals surface area (Å²) in [4.78, 5) is 26.4. The highest BCUT2D eigenvalue weighted by Crippen LogP contribution is 2.18. The molecular formula is C17H25N3O2. The normalized spacial score (nSPS) is 17.5. The smallest absolute Gasteiger partial charge is 0.253 e. The molecule has 2 amide bonds. The van der Waals surface area contributed by atoms with E-state index in [9.17, 15) is 9.59 Å². The molecule has 1 aliphatic heterocycles. The van der Waals surface area contributed by atoms with Crippen molar-refractivity contribution < 1.29 is 9.59 Å². The lowest BCUT2D eigenvalue weighted by molar-refractivity contribution is 0.0787. The van der Waals surface area contributed by atoms with E-state index in [4.69, 9.17) is 0 Å². The fraction of sp³-hybridized carbons (Fsp3) is 0.529. The number of rotatable bonds is 6. The van der Waals surface area contributed by atoms with Gasteiger partial charge in [-0.25, -0.2) is 0 Å². The molecule has 0 radical (unpaired) electrons. The molecular weight excluding hydrogens is 278 g/mol. The maximum Gasteiger partial charge on any atom is 0.253 e. The van der Waals surface area contributed by atoms with Crippen LogP contribution in [-0.2, 0) is 0 Å². The van der Waals surface area contributed by atoms with E-state index in [2.05, 4.69) is 10.6 Å². The van der Waals surface area contributed by atoms with Crippen molar-refractivity contribution in [1.29, 1.82) is 0 Å². The predicted molar refractivity (Wildman–Crippen MR) is 87.0 cm³/mol. The zero-order valence-corrected chi connectivity index (χ0v) is 13.4. The summed E-state index contributed by atoms with van der Waals surface area (Å²) >= 11 is 0. The maximum atomic E-state index is 12.6. The van der Waals surface area contributed by atoms with Gasteiger partial charge < -0.3 is 15.5 Å². The molecule has 1 fully saturated rings. The SMILES string of the molecule is CCCNC(=O)c1cccc(C(=O)N2CCC(CNC)C2)c1. The van der Waals surface area contributed by atoms with E-state index in [1.165, 1.54) is 0 Å². The Balaban J connectivity index is 2.03. The van der Waals surface area contributed by atoms with E-state index in [-0.39, 0.29) is 11.8 Å². The van der Waals surface area contributed by atoms with Gasteiger partial charge in [0.1, 0.15) is 0 Å². The monoisotopic (exact) mass is 303 g/mol. The van der Waals surface area contributed by atoms with Crippen molar-refractivity contribution in [2.75, 3.05) is 33.2 Å². The average Bonchev–Trinajstić information content (AvgIpc) is 3.01. The van der Waals surface area contributed by atoms with Crippen molar-refractivity contribution >= 4 is 11.8 Å². The summed E-state index contributed by atoms with van der Waals surface area (Å²) in [5.41, 5.74) is 1.14. The second-order valence-electron chi connectivity index (χ2n) is 5.80. The quantitative estimate of drug-likeness (QED) is 0.837. The number of benzene rings is 1. The molecule has 1 aliphatic rings. The highest BCUT2D eigenvalue weighted by Gasteiger charge is 2.26. The fourth-order valence-corrected chi connectivity index (χ4v) is 2.79. The molecule has 22 heavy (non-hydrogen) atoms.